The third-order valence-electron chi connectivity index (χ3n) is 12.1. The van der Waals surface area contributed by atoms with Crippen LogP contribution in [0.2, 0.25) is 0 Å². The number of ether oxygens (including phenoxy) is 6. The van der Waals surface area contributed by atoms with Crippen molar-refractivity contribution in [3.63, 3.8) is 0 Å². The summed E-state index contributed by atoms with van der Waals surface area (Å²) in [5.41, 5.74) is 2.15. The van der Waals surface area contributed by atoms with Crippen LogP contribution in [0.3, 0.4) is 0 Å². The van der Waals surface area contributed by atoms with Crippen molar-refractivity contribution in [1.29, 1.82) is 0 Å². The predicted octanol–water partition coefficient (Wildman–Crippen LogP) is 5.24. The first-order chi connectivity index (χ1) is 33.2. The lowest BCUT2D eigenvalue weighted by Gasteiger charge is -2.30. The van der Waals surface area contributed by atoms with Crippen LogP contribution in [0.5, 0.6) is 0 Å². The number of allylic oxidation sites excluding steroid dienone is 8. The number of fused-ring (bicyclic) bond motifs is 2. The average molecular weight is 1040 g/mol. The van der Waals surface area contributed by atoms with E-state index in [4.69, 9.17) is 28.4 Å². The van der Waals surface area contributed by atoms with Gasteiger partial charge in [0.2, 0.25) is 5.69 Å². The molecule has 2 unspecified atom stereocenters. The Hall–Kier alpha value is -4.17. The number of hydrogen-bond donors (Lipinski definition) is 2. The Labute approximate surface area is 412 Å². The zero-order valence-electron chi connectivity index (χ0n) is 40.3. The molecule has 22 heteroatoms. The van der Waals surface area contributed by atoms with Gasteiger partial charge in [0.05, 0.1) is 73.8 Å². The normalized spacial score (nSPS) is 19.2. The van der Waals surface area contributed by atoms with Gasteiger partial charge in [-0.2, -0.15) is 13.0 Å². The summed E-state index contributed by atoms with van der Waals surface area (Å²) in [6, 6.07) is 8.41. The number of benzene rings is 2. The molecule has 0 aliphatic carbocycles. The smallest absolute Gasteiger partial charge is 0.303 e. The number of carbonyl (C=O) groups is 1. The van der Waals surface area contributed by atoms with E-state index in [1.165, 1.54) is 30.3 Å². The van der Waals surface area contributed by atoms with E-state index in [9.17, 15) is 48.8 Å². The van der Waals surface area contributed by atoms with Gasteiger partial charge < -0.3 is 47.5 Å². The molecule has 0 aromatic heterocycles. The molecule has 2 aliphatic rings. The lowest BCUT2D eigenvalue weighted by atomic mass is 9.76. The van der Waals surface area contributed by atoms with Crippen molar-refractivity contribution in [1.82, 2.24) is 0 Å². The van der Waals surface area contributed by atoms with Gasteiger partial charge in [-0.25, -0.2) is 16.8 Å². The minimum atomic E-state index is -4.84. The van der Waals surface area contributed by atoms with Gasteiger partial charge in [-0.05, 0) is 81.5 Å². The van der Waals surface area contributed by atoms with Crippen LogP contribution in [-0.4, -0.2) is 159 Å². The summed E-state index contributed by atoms with van der Waals surface area (Å²) in [4.78, 5) is 12.5. The molecule has 0 amide bonds. The second-order valence-electron chi connectivity index (χ2n) is 17.1. The Bertz CT molecular complexity index is 2560. The highest BCUT2D eigenvalue weighted by molar-refractivity contribution is 7.86. The van der Waals surface area contributed by atoms with Crippen LogP contribution in [0.15, 0.2) is 94.4 Å². The summed E-state index contributed by atoms with van der Waals surface area (Å²) in [6.07, 6.45) is 15.2. The number of nitrogens with zero attached hydrogens (tertiary/aromatic N) is 2. The van der Waals surface area contributed by atoms with E-state index in [0.717, 1.165) is 5.70 Å². The quantitative estimate of drug-likeness (QED) is 0.0392. The van der Waals surface area contributed by atoms with Crippen molar-refractivity contribution in [3.8, 4) is 0 Å². The Kier molecular flexibility index (Phi) is 23.0. The minimum Gasteiger partial charge on any atom is -0.744 e. The van der Waals surface area contributed by atoms with E-state index in [1.54, 1.807) is 44.6 Å². The van der Waals surface area contributed by atoms with Gasteiger partial charge in [0, 0.05) is 81.3 Å². The van der Waals surface area contributed by atoms with E-state index < -0.39 is 57.8 Å². The molecule has 0 spiro atoms. The number of unbranched alkanes of at least 4 members (excludes halogenated alkanes) is 2. The fraction of sp³-hybridized carbons (Fsp3) is 0.542. The van der Waals surface area contributed by atoms with Crippen molar-refractivity contribution >= 4 is 53.4 Å². The van der Waals surface area contributed by atoms with E-state index in [0.29, 0.717) is 113 Å². The Morgan fingerprint density at radius 2 is 1.20 bits per heavy atom. The fourth-order valence-corrected chi connectivity index (χ4v) is 9.96. The topological polar surface area (TPSA) is 268 Å². The van der Waals surface area contributed by atoms with Gasteiger partial charge in [-0.15, -0.1) is 0 Å². The van der Waals surface area contributed by atoms with Crippen LogP contribution in [0.1, 0.15) is 69.9 Å². The summed E-state index contributed by atoms with van der Waals surface area (Å²) in [7, 11) is -10.8. The van der Waals surface area contributed by atoms with Crippen molar-refractivity contribution < 1.29 is 81.8 Å². The summed E-state index contributed by atoms with van der Waals surface area (Å²) in [5, 5.41) is 9.19. The van der Waals surface area contributed by atoms with Crippen LogP contribution < -0.4 is 4.90 Å². The Balaban J connectivity index is 1.69. The Morgan fingerprint density at radius 1 is 0.671 bits per heavy atom. The molecule has 4 rings (SSSR count). The van der Waals surface area contributed by atoms with E-state index in [2.05, 4.69) is 4.90 Å². The highest BCUT2D eigenvalue weighted by atomic mass is 32.2. The molecule has 390 valence electrons. The monoisotopic (exact) mass is 1040 g/mol. The number of aliphatic carboxylic acids is 1. The largest absolute Gasteiger partial charge is 0.744 e. The second-order valence-corrected chi connectivity index (χ2v) is 21.4. The number of carboxylic acids is 1. The maximum Gasteiger partial charge on any atom is 0.303 e. The number of methoxy groups -OCH3 is 2. The third-order valence-corrected chi connectivity index (χ3v) is 14.6. The zero-order valence-corrected chi connectivity index (χ0v) is 42.7. The summed E-state index contributed by atoms with van der Waals surface area (Å²) < 4.78 is 141. The number of hydrogen-bond acceptors (Lipinski definition) is 16. The molecule has 19 nitrogen and oxygen atoms in total. The van der Waals surface area contributed by atoms with Gasteiger partial charge in [0.15, 0.2) is 5.71 Å². The van der Waals surface area contributed by atoms with Crippen molar-refractivity contribution in [2.24, 2.45) is 0 Å². The van der Waals surface area contributed by atoms with E-state index in [-0.39, 0.29) is 44.1 Å². The van der Waals surface area contributed by atoms with Gasteiger partial charge in [-0.1, -0.05) is 36.8 Å². The molecule has 0 radical (unpaired) electrons. The Morgan fingerprint density at radius 3 is 1.77 bits per heavy atom. The highest BCUT2D eigenvalue weighted by Crippen LogP contribution is 2.51. The molecule has 2 aromatic carbocycles. The molecule has 0 fully saturated rings. The third kappa shape index (κ3) is 17.3. The minimum absolute atomic E-state index is 0.0292. The standard InChI is InChI=1S/C48H68N2O17S3/c1-47(21-25-64-31-33-66-29-27-62-3)40-36-38(69(56,57)58)17-19-42(40)49(23-12-8-11-16-46(51)52)44(47)14-9-6-5-7-10-15-45-48(2,22-26-65-32-34-67-30-28-63-4)41-37-39(70(59,60)61)18-20-43(41)50(45)24-13-35-68(53,54)55/h5-7,9-10,14-15,17-20,36-37H,8,11-13,16,21-35H2,1-4H3,(H3-,51,52,53,54,55,56,57,58,59,60,61)/p-1. The first kappa shape index (κ1) is 58.4. The molecule has 2 N–H and O–H groups in total. The van der Waals surface area contributed by atoms with Crippen molar-refractivity contribution in [2.45, 2.75) is 79.4 Å². The van der Waals surface area contributed by atoms with Gasteiger partial charge in [0.25, 0.3) is 10.1 Å². The average Bonchev–Trinajstić information content (AvgIpc) is 3.66. The van der Waals surface area contributed by atoms with Gasteiger partial charge in [-0.3, -0.25) is 9.35 Å². The van der Waals surface area contributed by atoms with Crippen molar-refractivity contribution in [3.05, 3.63) is 95.8 Å². The first-order valence-electron chi connectivity index (χ1n) is 23.0. The number of anilines is 1. The molecular weight excluding hydrogens is 973 g/mol. The number of carboxylic acid groups (broad SMARTS) is 1. The summed E-state index contributed by atoms with van der Waals surface area (Å²) in [5.74, 6) is -1.40. The van der Waals surface area contributed by atoms with E-state index >= 15 is 0 Å². The van der Waals surface area contributed by atoms with Crippen molar-refractivity contribution in [2.75, 3.05) is 104 Å². The molecule has 70 heavy (non-hydrogen) atoms. The van der Waals surface area contributed by atoms with Gasteiger partial charge in [0.1, 0.15) is 26.8 Å². The lowest BCUT2D eigenvalue weighted by molar-refractivity contribution is -0.437. The second kappa shape index (κ2) is 27.6. The summed E-state index contributed by atoms with van der Waals surface area (Å²) in [6.45, 7) is 7.85. The van der Waals surface area contributed by atoms with Crippen LogP contribution in [-0.2, 0) is 74.4 Å². The molecule has 0 saturated carbocycles. The predicted molar refractivity (Wildman–Crippen MR) is 260 cm³/mol. The van der Waals surface area contributed by atoms with Gasteiger partial charge >= 0.3 is 5.97 Å². The molecular formula is C48H67N2O17S3-. The molecule has 2 heterocycles. The van der Waals surface area contributed by atoms with Crippen LogP contribution in [0.25, 0.3) is 0 Å². The maximum atomic E-state index is 12.3. The van der Waals surface area contributed by atoms with E-state index in [1.807, 2.05) is 36.7 Å². The highest BCUT2D eigenvalue weighted by Gasteiger charge is 2.48. The van der Waals surface area contributed by atoms with Crippen LogP contribution in [0, 0.1) is 0 Å². The maximum absolute atomic E-state index is 12.3. The lowest BCUT2D eigenvalue weighted by Crippen LogP contribution is -2.33. The number of rotatable bonds is 34. The molecule has 2 atom stereocenters. The summed E-state index contributed by atoms with van der Waals surface area (Å²) >= 11 is 0. The zero-order chi connectivity index (χ0) is 51.4. The molecule has 2 aliphatic heterocycles. The fourth-order valence-electron chi connectivity index (χ4n) is 8.48. The first-order valence-corrected chi connectivity index (χ1v) is 27.4. The molecule has 0 bridgehead atoms. The van der Waals surface area contributed by atoms with Crippen LogP contribution in [0.4, 0.5) is 11.4 Å². The molecule has 0 saturated heterocycles. The molecule has 2 aromatic rings. The van der Waals surface area contributed by atoms with Crippen LogP contribution >= 0.6 is 0 Å². The SMILES string of the molecule is COCCOCCOCCC1(C)C(=CC=CC=CC=CC2=[N+](CCCS(=O)(=O)O)c3ccc(S(=O)(=O)[O-])cc3C2(C)CCOCCOCCOC)N(CCCCCC(=O)O)c2ccc(S(=O)(=O)[O-])cc21.